The molecule has 3 heteroatoms. The van der Waals surface area contributed by atoms with Crippen molar-refractivity contribution in [3.05, 3.63) is 30.6 Å². The molecule has 1 N–H and O–H groups in total. The topological polar surface area (TPSA) is 29.3 Å². The molecule has 3 nitrogen and oxygen atoms in total. The minimum atomic E-state index is 0.585. The van der Waals surface area contributed by atoms with E-state index in [1.807, 2.05) is 18.5 Å². The molecule has 96 valence electrons. The molecule has 0 aliphatic heterocycles. The highest BCUT2D eigenvalue weighted by molar-refractivity contribution is 5.50. The summed E-state index contributed by atoms with van der Waals surface area (Å²) in [6, 6.07) is 6.84. The summed E-state index contributed by atoms with van der Waals surface area (Å²) in [6.45, 7) is 4.74. The first-order chi connectivity index (χ1) is 8.75. The fraction of sp³-hybridized carbons (Fsp3) is 0.533. The van der Waals surface area contributed by atoms with Crippen molar-refractivity contribution in [2.24, 2.45) is 11.8 Å². The van der Waals surface area contributed by atoms with E-state index >= 15 is 0 Å². The Bertz CT molecular complexity index is 531. The van der Waals surface area contributed by atoms with Crippen LogP contribution in [-0.4, -0.2) is 15.4 Å². The number of nitrogens with one attached hydrogen (secondary N) is 1. The highest BCUT2D eigenvalue weighted by Gasteiger charge is 2.27. The summed E-state index contributed by atoms with van der Waals surface area (Å²) < 4.78 is 2.13. The van der Waals surface area contributed by atoms with Gasteiger partial charge in [-0.15, -0.1) is 0 Å². The zero-order valence-corrected chi connectivity index (χ0v) is 11.1. The van der Waals surface area contributed by atoms with Gasteiger partial charge in [-0.2, -0.15) is 0 Å². The Morgan fingerprint density at radius 2 is 2.17 bits per heavy atom. The van der Waals surface area contributed by atoms with E-state index in [4.69, 9.17) is 0 Å². The fourth-order valence-corrected chi connectivity index (χ4v) is 3.04. The summed E-state index contributed by atoms with van der Waals surface area (Å²) in [7, 11) is 0. The van der Waals surface area contributed by atoms with Crippen molar-refractivity contribution < 1.29 is 0 Å². The highest BCUT2D eigenvalue weighted by atomic mass is 15.1. The Labute approximate surface area is 108 Å². The van der Waals surface area contributed by atoms with Gasteiger partial charge in [0, 0.05) is 18.4 Å². The molecule has 2 heterocycles. The number of rotatable bonds is 2. The van der Waals surface area contributed by atoms with E-state index in [1.165, 1.54) is 19.3 Å². The third-order valence-electron chi connectivity index (χ3n) is 4.47. The molecule has 1 fully saturated rings. The van der Waals surface area contributed by atoms with Gasteiger partial charge in [-0.1, -0.05) is 32.8 Å². The van der Waals surface area contributed by atoms with Crippen LogP contribution in [0.4, 0.5) is 5.82 Å². The molecule has 3 unspecified atom stereocenters. The number of hydrogen-bond donors (Lipinski definition) is 1. The van der Waals surface area contributed by atoms with E-state index < -0.39 is 0 Å². The number of fused-ring (bicyclic) bond motifs is 1. The maximum Gasteiger partial charge on any atom is 0.138 e. The second kappa shape index (κ2) is 4.63. The van der Waals surface area contributed by atoms with Gasteiger partial charge < -0.3 is 5.32 Å². The highest BCUT2D eigenvalue weighted by Crippen LogP contribution is 2.31. The van der Waals surface area contributed by atoms with Crippen molar-refractivity contribution in [3.8, 4) is 0 Å². The fourth-order valence-electron chi connectivity index (χ4n) is 3.04. The SMILES string of the molecule is CC1CCCC(Nc2cccc3nccn23)C1C. The molecule has 3 rings (SSSR count). The lowest BCUT2D eigenvalue weighted by molar-refractivity contribution is 0.252. The smallest absolute Gasteiger partial charge is 0.138 e. The second-order valence-electron chi connectivity index (χ2n) is 5.58. The maximum atomic E-state index is 4.33. The van der Waals surface area contributed by atoms with Crippen molar-refractivity contribution in [1.29, 1.82) is 0 Å². The molecule has 0 amide bonds. The quantitative estimate of drug-likeness (QED) is 0.873. The minimum absolute atomic E-state index is 0.585. The summed E-state index contributed by atoms with van der Waals surface area (Å²) in [4.78, 5) is 4.33. The van der Waals surface area contributed by atoms with E-state index in [0.717, 1.165) is 23.3 Å². The molecule has 0 aromatic carbocycles. The molecule has 18 heavy (non-hydrogen) atoms. The Hall–Kier alpha value is -1.51. The van der Waals surface area contributed by atoms with Crippen LogP contribution >= 0.6 is 0 Å². The van der Waals surface area contributed by atoms with Crippen molar-refractivity contribution >= 4 is 11.5 Å². The van der Waals surface area contributed by atoms with E-state index in [9.17, 15) is 0 Å². The molecule has 1 aliphatic carbocycles. The monoisotopic (exact) mass is 243 g/mol. The number of aromatic nitrogens is 2. The first-order valence-electron chi connectivity index (χ1n) is 6.94. The van der Waals surface area contributed by atoms with Crippen molar-refractivity contribution in [2.75, 3.05) is 5.32 Å². The lowest BCUT2D eigenvalue weighted by Gasteiger charge is -2.35. The maximum absolute atomic E-state index is 4.33. The van der Waals surface area contributed by atoms with Crippen molar-refractivity contribution in [3.63, 3.8) is 0 Å². The molecule has 3 atom stereocenters. The Balaban J connectivity index is 1.85. The lowest BCUT2D eigenvalue weighted by atomic mass is 9.78. The number of anilines is 1. The molecule has 0 radical (unpaired) electrons. The zero-order chi connectivity index (χ0) is 12.5. The molecular weight excluding hydrogens is 222 g/mol. The van der Waals surface area contributed by atoms with E-state index in [2.05, 4.69) is 40.7 Å². The van der Waals surface area contributed by atoms with Gasteiger partial charge in [0.1, 0.15) is 11.5 Å². The van der Waals surface area contributed by atoms with Crippen LogP contribution in [0.15, 0.2) is 30.6 Å². The predicted octanol–water partition coefficient (Wildman–Crippen LogP) is 3.57. The first kappa shape index (κ1) is 11.6. The van der Waals surface area contributed by atoms with Crippen LogP contribution in [0.1, 0.15) is 33.1 Å². The predicted molar refractivity (Wildman–Crippen MR) is 74.8 cm³/mol. The van der Waals surface area contributed by atoms with Crippen molar-refractivity contribution in [2.45, 2.75) is 39.2 Å². The molecule has 0 bridgehead atoms. The number of nitrogens with zero attached hydrogens (tertiary/aromatic N) is 2. The normalized spacial score (nSPS) is 28.4. The third-order valence-corrected chi connectivity index (χ3v) is 4.47. The third kappa shape index (κ3) is 1.98. The van der Waals surface area contributed by atoms with Crippen LogP contribution in [0.3, 0.4) is 0 Å². The number of hydrogen-bond acceptors (Lipinski definition) is 2. The van der Waals surface area contributed by atoms with Crippen LogP contribution < -0.4 is 5.32 Å². The Morgan fingerprint density at radius 3 is 3.06 bits per heavy atom. The minimum Gasteiger partial charge on any atom is -0.368 e. The van der Waals surface area contributed by atoms with Crippen LogP contribution in [0.2, 0.25) is 0 Å². The van der Waals surface area contributed by atoms with Crippen LogP contribution in [-0.2, 0) is 0 Å². The lowest BCUT2D eigenvalue weighted by Crippen LogP contribution is -2.35. The summed E-state index contributed by atoms with van der Waals surface area (Å²) >= 11 is 0. The van der Waals surface area contributed by atoms with Crippen LogP contribution in [0.5, 0.6) is 0 Å². The molecule has 1 saturated carbocycles. The van der Waals surface area contributed by atoms with Gasteiger partial charge in [0.05, 0.1) is 0 Å². The summed E-state index contributed by atoms with van der Waals surface area (Å²) in [5, 5.41) is 3.71. The standard InChI is InChI=1S/C15H21N3/c1-11-5-3-6-13(12(11)2)17-15-8-4-7-14-16-9-10-18(14)15/h4,7-13,17H,3,5-6H2,1-2H3. The zero-order valence-electron chi connectivity index (χ0n) is 11.1. The van der Waals surface area contributed by atoms with E-state index in [1.54, 1.807) is 0 Å². The van der Waals surface area contributed by atoms with Gasteiger partial charge in [-0.25, -0.2) is 4.98 Å². The summed E-state index contributed by atoms with van der Waals surface area (Å²) in [5.41, 5.74) is 1.01. The molecule has 2 aromatic rings. The number of imidazole rings is 1. The largest absolute Gasteiger partial charge is 0.368 e. The van der Waals surface area contributed by atoms with Gasteiger partial charge in [-0.05, 0) is 30.4 Å². The van der Waals surface area contributed by atoms with Crippen LogP contribution in [0.25, 0.3) is 5.65 Å². The summed E-state index contributed by atoms with van der Waals surface area (Å²) in [5.74, 6) is 2.71. The van der Waals surface area contributed by atoms with Gasteiger partial charge in [0.2, 0.25) is 0 Å². The second-order valence-corrected chi connectivity index (χ2v) is 5.58. The Morgan fingerprint density at radius 1 is 1.28 bits per heavy atom. The van der Waals surface area contributed by atoms with Gasteiger partial charge >= 0.3 is 0 Å². The van der Waals surface area contributed by atoms with E-state index in [0.29, 0.717) is 6.04 Å². The molecule has 0 spiro atoms. The number of pyridine rings is 1. The van der Waals surface area contributed by atoms with Crippen LogP contribution in [0, 0.1) is 11.8 Å². The van der Waals surface area contributed by atoms with Gasteiger partial charge in [0.25, 0.3) is 0 Å². The van der Waals surface area contributed by atoms with E-state index in [-0.39, 0.29) is 0 Å². The molecular formula is C15H21N3. The summed E-state index contributed by atoms with van der Waals surface area (Å²) in [6.07, 6.45) is 7.86. The Kier molecular flexibility index (Phi) is 2.98. The average Bonchev–Trinajstić information content (AvgIpc) is 2.84. The van der Waals surface area contributed by atoms with Crippen molar-refractivity contribution in [1.82, 2.24) is 9.38 Å². The van der Waals surface area contributed by atoms with Gasteiger partial charge in [0.15, 0.2) is 0 Å². The molecule has 2 aromatic heterocycles. The first-order valence-corrected chi connectivity index (χ1v) is 6.94. The van der Waals surface area contributed by atoms with Gasteiger partial charge in [-0.3, -0.25) is 4.40 Å². The molecule has 1 aliphatic rings. The average molecular weight is 243 g/mol. The molecule has 0 saturated heterocycles.